The third-order valence-corrected chi connectivity index (χ3v) is 5.80. The van der Waals surface area contributed by atoms with Crippen LogP contribution in [0.25, 0.3) is 0 Å². The van der Waals surface area contributed by atoms with E-state index in [0.29, 0.717) is 29.9 Å². The molecule has 3 aliphatic rings. The lowest BCUT2D eigenvalue weighted by molar-refractivity contribution is -0.132. The summed E-state index contributed by atoms with van der Waals surface area (Å²) in [5, 5.41) is 2.85. The molecular formula is C19H21N3O4. The standard InChI is InChI=1S/C19H21N3O4/c1-12-6-8-19(9-7-12)17(25)22(18(26)20-19)11-10-21-15(23)13-4-2-3-5-14(13)16(21)24/h2-5,12H,6-11H2,1H3,(H,20,26). The second-order valence-electron chi connectivity index (χ2n) is 7.46. The van der Waals surface area contributed by atoms with Crippen LogP contribution in [-0.4, -0.2) is 52.2 Å². The van der Waals surface area contributed by atoms with Crippen LogP contribution in [0, 0.1) is 5.92 Å². The van der Waals surface area contributed by atoms with Gasteiger partial charge in [-0.15, -0.1) is 0 Å². The Kier molecular flexibility index (Phi) is 3.82. The van der Waals surface area contributed by atoms with Crippen LogP contribution in [-0.2, 0) is 4.79 Å². The van der Waals surface area contributed by atoms with Crippen molar-refractivity contribution < 1.29 is 19.2 Å². The molecule has 1 spiro atoms. The number of fused-ring (bicyclic) bond motifs is 1. The van der Waals surface area contributed by atoms with Crippen LogP contribution in [0.5, 0.6) is 0 Å². The van der Waals surface area contributed by atoms with E-state index in [9.17, 15) is 19.2 Å². The van der Waals surface area contributed by atoms with Gasteiger partial charge in [0.05, 0.1) is 11.1 Å². The van der Waals surface area contributed by atoms with E-state index in [0.717, 1.165) is 22.6 Å². The van der Waals surface area contributed by atoms with Crippen LogP contribution in [0.4, 0.5) is 4.79 Å². The molecule has 0 unspecified atom stereocenters. The number of imide groups is 2. The molecule has 7 heteroatoms. The van der Waals surface area contributed by atoms with E-state index >= 15 is 0 Å². The van der Waals surface area contributed by atoms with Gasteiger partial charge in [0, 0.05) is 13.1 Å². The number of nitrogens with zero attached hydrogens (tertiary/aromatic N) is 2. The SMILES string of the molecule is CC1CCC2(CC1)NC(=O)N(CCN1C(=O)c3ccccc3C1=O)C2=O. The lowest BCUT2D eigenvalue weighted by Crippen LogP contribution is -2.49. The number of amides is 5. The van der Waals surface area contributed by atoms with Crippen molar-refractivity contribution in [1.29, 1.82) is 0 Å². The van der Waals surface area contributed by atoms with E-state index in [1.165, 1.54) is 0 Å². The van der Waals surface area contributed by atoms with Crippen molar-refractivity contribution in [2.75, 3.05) is 13.1 Å². The van der Waals surface area contributed by atoms with Crippen molar-refractivity contribution in [1.82, 2.24) is 15.1 Å². The molecule has 1 saturated heterocycles. The zero-order valence-corrected chi connectivity index (χ0v) is 14.7. The zero-order valence-electron chi connectivity index (χ0n) is 14.7. The highest BCUT2D eigenvalue weighted by Crippen LogP contribution is 2.36. The Morgan fingerprint density at radius 2 is 1.50 bits per heavy atom. The van der Waals surface area contributed by atoms with Gasteiger partial charge in [0.15, 0.2) is 0 Å². The van der Waals surface area contributed by atoms with Gasteiger partial charge in [-0.05, 0) is 43.7 Å². The fourth-order valence-electron chi connectivity index (χ4n) is 4.12. The largest absolute Gasteiger partial charge is 0.325 e. The highest BCUT2D eigenvalue weighted by molar-refractivity contribution is 6.21. The maximum Gasteiger partial charge on any atom is 0.325 e. The highest BCUT2D eigenvalue weighted by atomic mass is 16.2. The molecule has 1 saturated carbocycles. The summed E-state index contributed by atoms with van der Waals surface area (Å²) >= 11 is 0. The van der Waals surface area contributed by atoms with Gasteiger partial charge in [-0.25, -0.2) is 4.79 Å². The number of nitrogens with one attached hydrogen (secondary N) is 1. The van der Waals surface area contributed by atoms with Gasteiger partial charge in [-0.3, -0.25) is 24.2 Å². The molecule has 0 bridgehead atoms. The molecule has 0 atom stereocenters. The summed E-state index contributed by atoms with van der Waals surface area (Å²) < 4.78 is 0. The van der Waals surface area contributed by atoms with Gasteiger partial charge < -0.3 is 5.32 Å². The van der Waals surface area contributed by atoms with E-state index in [4.69, 9.17) is 0 Å². The fraction of sp³-hybridized carbons (Fsp3) is 0.474. The maximum absolute atomic E-state index is 12.8. The molecule has 1 aliphatic carbocycles. The third kappa shape index (κ3) is 2.41. The molecule has 1 aromatic carbocycles. The molecule has 136 valence electrons. The molecule has 2 heterocycles. The Morgan fingerprint density at radius 1 is 0.962 bits per heavy atom. The smallest absolute Gasteiger partial charge is 0.323 e. The summed E-state index contributed by atoms with van der Waals surface area (Å²) in [7, 11) is 0. The van der Waals surface area contributed by atoms with Crippen molar-refractivity contribution in [3.05, 3.63) is 35.4 Å². The highest BCUT2D eigenvalue weighted by Gasteiger charge is 2.52. The van der Waals surface area contributed by atoms with Gasteiger partial charge in [-0.2, -0.15) is 0 Å². The number of urea groups is 1. The van der Waals surface area contributed by atoms with E-state index in [2.05, 4.69) is 12.2 Å². The number of rotatable bonds is 3. The molecule has 7 nitrogen and oxygen atoms in total. The van der Waals surface area contributed by atoms with Crippen molar-refractivity contribution in [2.24, 2.45) is 5.92 Å². The summed E-state index contributed by atoms with van der Waals surface area (Å²) in [6.07, 6.45) is 3.08. The average molecular weight is 355 g/mol. The lowest BCUT2D eigenvalue weighted by atomic mass is 9.77. The number of carbonyl (C=O) groups is 4. The first-order valence-electron chi connectivity index (χ1n) is 9.02. The summed E-state index contributed by atoms with van der Waals surface area (Å²) in [4.78, 5) is 52.2. The summed E-state index contributed by atoms with van der Waals surface area (Å²) in [5.74, 6) is -0.429. The van der Waals surface area contributed by atoms with E-state index < -0.39 is 11.6 Å². The number of hydrogen-bond acceptors (Lipinski definition) is 4. The topological polar surface area (TPSA) is 86.8 Å². The molecular weight excluding hydrogens is 334 g/mol. The van der Waals surface area contributed by atoms with Crippen LogP contribution >= 0.6 is 0 Å². The van der Waals surface area contributed by atoms with Crippen molar-refractivity contribution in [3.63, 3.8) is 0 Å². The molecule has 4 rings (SSSR count). The first-order valence-corrected chi connectivity index (χ1v) is 9.02. The lowest BCUT2D eigenvalue weighted by Gasteiger charge is -2.33. The monoisotopic (exact) mass is 355 g/mol. The minimum atomic E-state index is -0.800. The first kappa shape index (κ1) is 16.8. The second kappa shape index (κ2) is 5.93. The quantitative estimate of drug-likeness (QED) is 0.661. The summed E-state index contributed by atoms with van der Waals surface area (Å²) in [6.45, 7) is 2.18. The normalized spacial score (nSPS) is 28.1. The number of hydrogen-bond donors (Lipinski definition) is 1. The predicted molar refractivity (Wildman–Crippen MR) is 92.4 cm³/mol. The molecule has 5 amide bonds. The van der Waals surface area contributed by atoms with Gasteiger partial charge in [0.25, 0.3) is 17.7 Å². The Hall–Kier alpha value is -2.70. The Morgan fingerprint density at radius 3 is 2.08 bits per heavy atom. The Labute approximate surface area is 151 Å². The zero-order chi connectivity index (χ0) is 18.5. The van der Waals surface area contributed by atoms with Crippen LogP contribution in [0.3, 0.4) is 0 Å². The molecule has 26 heavy (non-hydrogen) atoms. The minimum Gasteiger partial charge on any atom is -0.323 e. The van der Waals surface area contributed by atoms with Crippen LogP contribution in [0.2, 0.25) is 0 Å². The van der Waals surface area contributed by atoms with Crippen molar-refractivity contribution >= 4 is 23.8 Å². The second-order valence-corrected chi connectivity index (χ2v) is 7.46. The van der Waals surface area contributed by atoms with E-state index in [-0.39, 0.29) is 30.8 Å². The first-order chi connectivity index (χ1) is 12.4. The Balaban J connectivity index is 1.46. The summed E-state index contributed by atoms with van der Waals surface area (Å²) in [5.41, 5.74) is -0.0640. The number of carbonyl (C=O) groups excluding carboxylic acids is 4. The predicted octanol–water partition coefficient (Wildman–Crippen LogP) is 1.78. The maximum atomic E-state index is 12.8. The van der Waals surface area contributed by atoms with E-state index in [1.54, 1.807) is 24.3 Å². The minimum absolute atomic E-state index is 0.0119. The van der Waals surface area contributed by atoms with Crippen LogP contribution < -0.4 is 5.32 Å². The molecule has 1 aromatic rings. The average Bonchev–Trinajstić information content (AvgIpc) is 3.02. The molecule has 2 aliphatic heterocycles. The van der Waals surface area contributed by atoms with Crippen LogP contribution in [0.1, 0.15) is 53.3 Å². The number of benzene rings is 1. The third-order valence-electron chi connectivity index (χ3n) is 5.80. The van der Waals surface area contributed by atoms with Gasteiger partial charge in [0.1, 0.15) is 5.54 Å². The summed E-state index contributed by atoms with van der Waals surface area (Å²) in [6, 6.07) is 6.21. The van der Waals surface area contributed by atoms with Crippen molar-refractivity contribution in [2.45, 2.75) is 38.1 Å². The molecule has 2 fully saturated rings. The fourth-order valence-corrected chi connectivity index (χ4v) is 4.12. The molecule has 0 aromatic heterocycles. The van der Waals surface area contributed by atoms with Crippen LogP contribution in [0.15, 0.2) is 24.3 Å². The van der Waals surface area contributed by atoms with Crippen molar-refractivity contribution in [3.8, 4) is 0 Å². The van der Waals surface area contributed by atoms with Gasteiger partial charge >= 0.3 is 6.03 Å². The van der Waals surface area contributed by atoms with Gasteiger partial charge in [0.2, 0.25) is 0 Å². The molecule has 1 N–H and O–H groups in total. The van der Waals surface area contributed by atoms with E-state index in [1.807, 2.05) is 0 Å². The Bertz CT molecular complexity index is 776. The molecule has 0 radical (unpaired) electrons. The van der Waals surface area contributed by atoms with Gasteiger partial charge in [-0.1, -0.05) is 19.1 Å².